The van der Waals surface area contributed by atoms with Crippen molar-refractivity contribution in [2.24, 2.45) is 5.73 Å². The fourth-order valence-electron chi connectivity index (χ4n) is 2.37. The highest BCUT2D eigenvalue weighted by Crippen LogP contribution is 2.34. The Morgan fingerprint density at radius 3 is 2.33 bits per heavy atom. The second-order valence-corrected chi connectivity index (χ2v) is 4.59. The lowest BCUT2D eigenvalue weighted by atomic mass is 10.0. The van der Waals surface area contributed by atoms with Crippen LogP contribution in [-0.4, -0.2) is 13.1 Å². The van der Waals surface area contributed by atoms with Gasteiger partial charge in [-0.05, 0) is 43.0 Å². The maximum atomic E-state index is 12.7. The quantitative estimate of drug-likeness (QED) is 0.883. The highest BCUT2D eigenvalue weighted by molar-refractivity contribution is 5.52. The number of hydrogen-bond acceptors (Lipinski definition) is 2. The molecule has 0 aliphatic carbocycles. The van der Waals surface area contributed by atoms with Gasteiger partial charge in [-0.25, -0.2) is 0 Å². The molecule has 1 fully saturated rings. The number of alkyl halides is 3. The Kier molecular flexibility index (Phi) is 3.80. The van der Waals surface area contributed by atoms with Crippen molar-refractivity contribution in [1.82, 2.24) is 0 Å². The summed E-state index contributed by atoms with van der Waals surface area (Å²) in [5.41, 5.74) is 5.83. The highest BCUT2D eigenvalue weighted by Gasteiger charge is 2.33. The Labute approximate surface area is 105 Å². The van der Waals surface area contributed by atoms with Crippen LogP contribution < -0.4 is 10.6 Å². The number of nitrogens with zero attached hydrogens (tertiary/aromatic N) is 1. The first kappa shape index (κ1) is 13.2. The van der Waals surface area contributed by atoms with Gasteiger partial charge in [0.1, 0.15) is 0 Å². The minimum Gasteiger partial charge on any atom is -0.372 e. The number of piperidine rings is 1. The molecule has 0 radical (unpaired) electrons. The predicted octanol–water partition coefficient (Wildman–Crippen LogP) is 3.15. The molecule has 0 spiro atoms. The lowest BCUT2D eigenvalue weighted by Gasteiger charge is -2.29. The van der Waals surface area contributed by atoms with E-state index in [9.17, 15) is 13.2 Å². The van der Waals surface area contributed by atoms with E-state index in [1.54, 1.807) is 12.1 Å². The summed E-state index contributed by atoms with van der Waals surface area (Å²) in [6.07, 6.45) is -0.937. The van der Waals surface area contributed by atoms with Crippen LogP contribution in [0.2, 0.25) is 0 Å². The van der Waals surface area contributed by atoms with Gasteiger partial charge in [0.05, 0.1) is 5.56 Å². The van der Waals surface area contributed by atoms with Crippen molar-refractivity contribution in [2.45, 2.75) is 32.0 Å². The maximum absolute atomic E-state index is 12.7. The van der Waals surface area contributed by atoms with Crippen LogP contribution in [0, 0.1) is 0 Å². The van der Waals surface area contributed by atoms with Crippen LogP contribution in [0.3, 0.4) is 0 Å². The zero-order chi connectivity index (χ0) is 13.2. The molecular weight excluding hydrogens is 241 g/mol. The molecule has 5 heteroatoms. The molecule has 2 nitrogen and oxygen atoms in total. The minimum absolute atomic E-state index is 0.0868. The van der Waals surface area contributed by atoms with Gasteiger partial charge in [0, 0.05) is 25.3 Å². The van der Waals surface area contributed by atoms with Crippen molar-refractivity contribution in [3.63, 3.8) is 0 Å². The van der Waals surface area contributed by atoms with E-state index < -0.39 is 11.7 Å². The Morgan fingerprint density at radius 2 is 1.78 bits per heavy atom. The smallest absolute Gasteiger partial charge is 0.372 e. The molecule has 1 aromatic carbocycles. The molecule has 2 rings (SSSR count). The molecule has 100 valence electrons. The summed E-state index contributed by atoms with van der Waals surface area (Å²) in [6, 6.07) is 4.27. The Hall–Kier alpha value is -1.23. The fraction of sp³-hybridized carbons (Fsp3) is 0.538. The monoisotopic (exact) mass is 258 g/mol. The summed E-state index contributed by atoms with van der Waals surface area (Å²) in [6.45, 7) is 1.74. The van der Waals surface area contributed by atoms with Crippen LogP contribution in [-0.2, 0) is 12.7 Å². The maximum Gasteiger partial charge on any atom is 0.416 e. The van der Waals surface area contributed by atoms with Crippen molar-refractivity contribution in [3.8, 4) is 0 Å². The second-order valence-electron chi connectivity index (χ2n) is 4.59. The third-order valence-corrected chi connectivity index (χ3v) is 3.34. The molecule has 1 aliphatic rings. The zero-order valence-corrected chi connectivity index (χ0v) is 10.1. The van der Waals surface area contributed by atoms with E-state index in [1.165, 1.54) is 6.42 Å². The lowest BCUT2D eigenvalue weighted by molar-refractivity contribution is -0.138. The average Bonchev–Trinajstić information content (AvgIpc) is 2.38. The summed E-state index contributed by atoms with van der Waals surface area (Å²) in [4.78, 5) is 2.13. The summed E-state index contributed by atoms with van der Waals surface area (Å²) >= 11 is 0. The largest absolute Gasteiger partial charge is 0.416 e. The third-order valence-electron chi connectivity index (χ3n) is 3.34. The van der Waals surface area contributed by atoms with Crippen molar-refractivity contribution in [2.75, 3.05) is 18.0 Å². The van der Waals surface area contributed by atoms with E-state index in [4.69, 9.17) is 5.73 Å². The number of benzene rings is 1. The van der Waals surface area contributed by atoms with Gasteiger partial charge in [-0.1, -0.05) is 0 Å². The summed E-state index contributed by atoms with van der Waals surface area (Å²) in [5.74, 6) is 0. The minimum atomic E-state index is -4.32. The van der Waals surface area contributed by atoms with Crippen LogP contribution in [0.5, 0.6) is 0 Å². The summed E-state index contributed by atoms with van der Waals surface area (Å²) in [7, 11) is 0. The summed E-state index contributed by atoms with van der Waals surface area (Å²) in [5, 5.41) is 0. The standard InChI is InChI=1S/C13H17F3N2/c14-13(15,16)12-5-4-11(8-10(12)9-17)18-6-2-1-3-7-18/h4-5,8H,1-3,6-7,9,17H2. The molecule has 2 N–H and O–H groups in total. The van der Waals surface area contributed by atoms with Crippen molar-refractivity contribution in [3.05, 3.63) is 29.3 Å². The molecule has 1 aromatic rings. The van der Waals surface area contributed by atoms with Gasteiger partial charge in [-0.15, -0.1) is 0 Å². The number of nitrogens with two attached hydrogens (primary N) is 1. The molecular formula is C13H17F3N2. The number of anilines is 1. The van der Waals surface area contributed by atoms with Crippen molar-refractivity contribution < 1.29 is 13.2 Å². The van der Waals surface area contributed by atoms with E-state index in [0.29, 0.717) is 0 Å². The van der Waals surface area contributed by atoms with Crippen LogP contribution in [0.4, 0.5) is 18.9 Å². The first-order valence-corrected chi connectivity index (χ1v) is 6.17. The average molecular weight is 258 g/mol. The van der Waals surface area contributed by atoms with Gasteiger partial charge in [-0.3, -0.25) is 0 Å². The van der Waals surface area contributed by atoms with Crippen LogP contribution in [0.25, 0.3) is 0 Å². The normalized spacial score (nSPS) is 17.0. The fourth-order valence-corrected chi connectivity index (χ4v) is 2.37. The van der Waals surface area contributed by atoms with Crippen LogP contribution >= 0.6 is 0 Å². The van der Waals surface area contributed by atoms with Crippen LogP contribution in [0.1, 0.15) is 30.4 Å². The van der Waals surface area contributed by atoms with E-state index in [1.807, 2.05) is 0 Å². The molecule has 0 bridgehead atoms. The molecule has 0 unspecified atom stereocenters. The zero-order valence-electron chi connectivity index (χ0n) is 10.1. The van der Waals surface area contributed by atoms with E-state index >= 15 is 0 Å². The number of hydrogen-bond donors (Lipinski definition) is 1. The molecule has 0 saturated carbocycles. The van der Waals surface area contributed by atoms with E-state index in [0.717, 1.165) is 37.7 Å². The first-order valence-electron chi connectivity index (χ1n) is 6.17. The van der Waals surface area contributed by atoms with Gasteiger partial charge in [0.2, 0.25) is 0 Å². The van der Waals surface area contributed by atoms with E-state index in [2.05, 4.69) is 4.90 Å². The molecule has 0 aromatic heterocycles. The van der Waals surface area contributed by atoms with E-state index in [-0.39, 0.29) is 12.1 Å². The van der Waals surface area contributed by atoms with Gasteiger partial charge in [0.25, 0.3) is 0 Å². The Balaban J connectivity index is 2.29. The molecule has 0 amide bonds. The van der Waals surface area contributed by atoms with Crippen molar-refractivity contribution >= 4 is 5.69 Å². The Bertz CT molecular complexity index is 409. The van der Waals surface area contributed by atoms with Crippen molar-refractivity contribution in [1.29, 1.82) is 0 Å². The van der Waals surface area contributed by atoms with Gasteiger partial charge in [-0.2, -0.15) is 13.2 Å². The molecule has 0 atom stereocenters. The molecule has 1 saturated heterocycles. The van der Waals surface area contributed by atoms with Gasteiger partial charge >= 0.3 is 6.18 Å². The van der Waals surface area contributed by atoms with Gasteiger partial charge < -0.3 is 10.6 Å². The van der Waals surface area contributed by atoms with Crippen LogP contribution in [0.15, 0.2) is 18.2 Å². The molecule has 1 aliphatic heterocycles. The topological polar surface area (TPSA) is 29.3 Å². The molecule has 1 heterocycles. The number of halogens is 3. The summed E-state index contributed by atoms with van der Waals surface area (Å²) < 4.78 is 38.2. The van der Waals surface area contributed by atoms with Gasteiger partial charge in [0.15, 0.2) is 0 Å². The highest BCUT2D eigenvalue weighted by atomic mass is 19.4. The first-order chi connectivity index (χ1) is 8.52. The second kappa shape index (κ2) is 5.18. The molecule has 18 heavy (non-hydrogen) atoms. The predicted molar refractivity (Wildman–Crippen MR) is 65.4 cm³/mol. The SMILES string of the molecule is NCc1cc(N2CCCCC2)ccc1C(F)(F)F. The number of rotatable bonds is 2. The lowest BCUT2D eigenvalue weighted by Crippen LogP contribution is -2.29. The third kappa shape index (κ3) is 2.77. The Morgan fingerprint density at radius 1 is 1.11 bits per heavy atom.